The molecule has 0 N–H and O–H groups in total. The minimum atomic E-state index is -3.70. The summed E-state index contributed by atoms with van der Waals surface area (Å²) in [7, 11) is -0.731. The molecule has 11 heteroatoms. The molecule has 164 valence electrons. The fraction of sp³-hybridized carbons (Fsp3) is 0.350. The first-order valence-corrected chi connectivity index (χ1v) is 11.2. The van der Waals surface area contributed by atoms with Gasteiger partial charge in [0.2, 0.25) is 10.0 Å². The lowest BCUT2D eigenvalue weighted by atomic mass is 10.3. The first kappa shape index (κ1) is 21.1. The SMILES string of the molecule is COc1ccc(S(=O)(=O)N2CCN(c3ccc(-n4ccnc4C)nn3)CC2)c(OC)c1. The second-order valence-corrected chi connectivity index (χ2v) is 8.91. The summed E-state index contributed by atoms with van der Waals surface area (Å²) in [4.78, 5) is 6.34. The number of ether oxygens (including phenoxy) is 2. The smallest absolute Gasteiger partial charge is 0.246 e. The Hall–Kier alpha value is -3.18. The molecule has 0 unspecified atom stereocenters. The van der Waals surface area contributed by atoms with Crippen molar-refractivity contribution < 1.29 is 17.9 Å². The van der Waals surface area contributed by atoms with Crippen molar-refractivity contribution in [3.63, 3.8) is 0 Å². The van der Waals surface area contributed by atoms with Gasteiger partial charge in [-0.3, -0.25) is 4.57 Å². The maximum absolute atomic E-state index is 13.2. The second-order valence-electron chi connectivity index (χ2n) is 7.00. The first-order valence-electron chi connectivity index (χ1n) is 9.75. The molecular formula is C20H24N6O4S. The number of piperazine rings is 1. The van der Waals surface area contributed by atoms with Crippen molar-refractivity contribution in [2.24, 2.45) is 0 Å². The summed E-state index contributed by atoms with van der Waals surface area (Å²) in [6.07, 6.45) is 3.54. The van der Waals surface area contributed by atoms with Crippen molar-refractivity contribution >= 4 is 15.8 Å². The van der Waals surface area contributed by atoms with Crippen molar-refractivity contribution in [3.05, 3.63) is 48.5 Å². The lowest BCUT2D eigenvalue weighted by molar-refractivity contribution is 0.369. The average Bonchev–Trinajstić information content (AvgIpc) is 3.24. The highest BCUT2D eigenvalue weighted by atomic mass is 32.2. The van der Waals surface area contributed by atoms with E-state index in [-0.39, 0.29) is 10.6 Å². The molecule has 0 aliphatic carbocycles. The maximum Gasteiger partial charge on any atom is 0.246 e. The minimum absolute atomic E-state index is 0.129. The van der Waals surface area contributed by atoms with Gasteiger partial charge < -0.3 is 14.4 Å². The summed E-state index contributed by atoms with van der Waals surface area (Å²) in [6, 6.07) is 8.47. The second kappa shape index (κ2) is 8.52. The van der Waals surface area contributed by atoms with Gasteiger partial charge in [-0.25, -0.2) is 13.4 Å². The predicted octanol–water partition coefficient (Wildman–Crippen LogP) is 1.50. The van der Waals surface area contributed by atoms with Crippen LogP contribution in [0.4, 0.5) is 5.82 Å². The van der Waals surface area contributed by atoms with Crippen LogP contribution in [0, 0.1) is 6.92 Å². The van der Waals surface area contributed by atoms with E-state index in [1.807, 2.05) is 34.7 Å². The largest absolute Gasteiger partial charge is 0.497 e. The number of benzene rings is 1. The number of nitrogens with zero attached hydrogens (tertiary/aromatic N) is 6. The van der Waals surface area contributed by atoms with Crippen LogP contribution < -0.4 is 14.4 Å². The fourth-order valence-corrected chi connectivity index (χ4v) is 5.08. The summed E-state index contributed by atoms with van der Waals surface area (Å²) in [5, 5.41) is 8.60. The molecule has 2 aromatic heterocycles. The lowest BCUT2D eigenvalue weighted by Gasteiger charge is -2.34. The Balaban J connectivity index is 1.46. The normalized spacial score (nSPS) is 15.1. The van der Waals surface area contributed by atoms with Crippen LogP contribution in [0.3, 0.4) is 0 Å². The standard InChI is InChI=1S/C20H24N6O4S/c1-15-21-8-9-26(15)20-7-6-19(22-23-20)24-10-12-25(13-11-24)31(27,28)18-5-4-16(29-2)14-17(18)30-3/h4-9,14H,10-13H2,1-3H3. The molecule has 0 radical (unpaired) electrons. The van der Waals surface area contributed by atoms with Crippen molar-refractivity contribution in [1.82, 2.24) is 24.1 Å². The van der Waals surface area contributed by atoms with Crippen LogP contribution in [-0.4, -0.2) is 72.9 Å². The zero-order chi connectivity index (χ0) is 22.0. The van der Waals surface area contributed by atoms with E-state index in [1.54, 1.807) is 18.3 Å². The number of aryl methyl sites for hydroxylation is 1. The molecule has 0 atom stereocenters. The van der Waals surface area contributed by atoms with Gasteiger partial charge in [0.25, 0.3) is 0 Å². The third-order valence-corrected chi connectivity index (χ3v) is 7.20. The Kier molecular flexibility index (Phi) is 5.79. The number of hydrogen-bond donors (Lipinski definition) is 0. The van der Waals surface area contributed by atoms with E-state index < -0.39 is 10.0 Å². The van der Waals surface area contributed by atoms with Crippen LogP contribution >= 0.6 is 0 Å². The number of anilines is 1. The van der Waals surface area contributed by atoms with E-state index in [9.17, 15) is 8.42 Å². The summed E-state index contributed by atoms with van der Waals surface area (Å²) >= 11 is 0. The van der Waals surface area contributed by atoms with Gasteiger partial charge in [0.1, 0.15) is 22.2 Å². The number of methoxy groups -OCH3 is 2. The summed E-state index contributed by atoms with van der Waals surface area (Å²) < 4.78 is 40.1. The van der Waals surface area contributed by atoms with Gasteiger partial charge >= 0.3 is 0 Å². The monoisotopic (exact) mass is 444 g/mol. The molecule has 1 fully saturated rings. The zero-order valence-electron chi connectivity index (χ0n) is 17.6. The Morgan fingerprint density at radius 1 is 0.935 bits per heavy atom. The highest BCUT2D eigenvalue weighted by Crippen LogP contribution is 2.31. The molecule has 10 nitrogen and oxygen atoms in total. The Morgan fingerprint density at radius 3 is 2.23 bits per heavy atom. The molecule has 0 amide bonds. The van der Waals surface area contributed by atoms with E-state index in [4.69, 9.17) is 9.47 Å². The zero-order valence-corrected chi connectivity index (χ0v) is 18.4. The van der Waals surface area contributed by atoms with Crippen molar-refractivity contribution in [3.8, 4) is 17.3 Å². The lowest BCUT2D eigenvalue weighted by Crippen LogP contribution is -2.49. The van der Waals surface area contributed by atoms with E-state index in [0.29, 0.717) is 43.6 Å². The molecule has 0 spiro atoms. The molecule has 3 aromatic rings. The minimum Gasteiger partial charge on any atom is -0.497 e. The number of imidazole rings is 1. The molecule has 0 saturated carbocycles. The third kappa shape index (κ3) is 4.06. The predicted molar refractivity (Wildman–Crippen MR) is 114 cm³/mol. The molecule has 31 heavy (non-hydrogen) atoms. The summed E-state index contributed by atoms with van der Waals surface area (Å²) in [5.74, 6) is 3.02. The van der Waals surface area contributed by atoms with Gasteiger partial charge in [-0.2, -0.15) is 4.31 Å². The highest BCUT2D eigenvalue weighted by Gasteiger charge is 2.31. The van der Waals surface area contributed by atoms with Gasteiger partial charge in [-0.05, 0) is 31.2 Å². The molecule has 1 aliphatic rings. The Morgan fingerprint density at radius 2 is 1.65 bits per heavy atom. The summed E-state index contributed by atoms with van der Waals surface area (Å²) in [5.41, 5.74) is 0. The molecule has 1 aliphatic heterocycles. The number of rotatable bonds is 6. The van der Waals surface area contributed by atoms with Crippen LogP contribution in [0.1, 0.15) is 5.82 Å². The van der Waals surface area contributed by atoms with Crippen LogP contribution in [0.2, 0.25) is 0 Å². The molecule has 4 rings (SSSR count). The van der Waals surface area contributed by atoms with Crippen molar-refractivity contribution in [2.75, 3.05) is 45.3 Å². The maximum atomic E-state index is 13.2. The Bertz CT molecular complexity index is 1150. The van der Waals surface area contributed by atoms with Gasteiger partial charge in [-0.1, -0.05) is 0 Å². The van der Waals surface area contributed by atoms with E-state index in [1.165, 1.54) is 24.6 Å². The van der Waals surface area contributed by atoms with Crippen molar-refractivity contribution in [1.29, 1.82) is 0 Å². The van der Waals surface area contributed by atoms with Crippen LogP contribution in [-0.2, 0) is 10.0 Å². The van der Waals surface area contributed by atoms with Gasteiger partial charge in [0.05, 0.1) is 14.2 Å². The topological polar surface area (TPSA) is 103 Å². The number of aromatic nitrogens is 4. The Labute approximate surface area is 181 Å². The molecular weight excluding hydrogens is 420 g/mol. The summed E-state index contributed by atoms with van der Waals surface area (Å²) in [6.45, 7) is 3.59. The van der Waals surface area contributed by atoms with Crippen molar-refractivity contribution in [2.45, 2.75) is 11.8 Å². The third-order valence-electron chi connectivity index (χ3n) is 5.26. The van der Waals surface area contributed by atoms with Crippen LogP contribution in [0.15, 0.2) is 47.6 Å². The van der Waals surface area contributed by atoms with Crippen LogP contribution in [0.25, 0.3) is 5.82 Å². The van der Waals surface area contributed by atoms with Gasteiger partial charge in [-0.15, -0.1) is 10.2 Å². The fourth-order valence-electron chi connectivity index (χ4n) is 3.52. The number of sulfonamides is 1. The van der Waals surface area contributed by atoms with E-state index >= 15 is 0 Å². The quantitative estimate of drug-likeness (QED) is 0.564. The molecule has 3 heterocycles. The molecule has 1 saturated heterocycles. The molecule has 1 aromatic carbocycles. The van der Waals surface area contributed by atoms with Crippen LogP contribution in [0.5, 0.6) is 11.5 Å². The van der Waals surface area contributed by atoms with E-state index in [0.717, 1.165) is 5.82 Å². The average molecular weight is 445 g/mol. The van der Waals surface area contributed by atoms with Gasteiger partial charge in [0, 0.05) is 44.6 Å². The highest BCUT2D eigenvalue weighted by molar-refractivity contribution is 7.89. The molecule has 0 bridgehead atoms. The van der Waals surface area contributed by atoms with E-state index in [2.05, 4.69) is 15.2 Å². The number of hydrogen-bond acceptors (Lipinski definition) is 8. The first-order chi connectivity index (χ1) is 14.9. The van der Waals surface area contributed by atoms with Gasteiger partial charge in [0.15, 0.2) is 11.6 Å².